The van der Waals surface area contributed by atoms with Crippen LogP contribution in [0.25, 0.3) is 0 Å². The molecule has 1 fully saturated rings. The third-order valence-electron chi connectivity index (χ3n) is 6.68. The van der Waals surface area contributed by atoms with Crippen LogP contribution in [0, 0.1) is 29.1 Å². The van der Waals surface area contributed by atoms with Crippen molar-refractivity contribution in [2.24, 2.45) is 29.1 Å². The predicted molar refractivity (Wildman–Crippen MR) is 115 cm³/mol. The monoisotopic (exact) mass is 426 g/mol. The molecule has 0 bridgehead atoms. The van der Waals surface area contributed by atoms with Gasteiger partial charge >= 0.3 is 11.9 Å². The largest absolute Gasteiger partial charge is 0.462 e. The van der Waals surface area contributed by atoms with E-state index in [0.717, 1.165) is 0 Å². The van der Waals surface area contributed by atoms with E-state index in [1.165, 1.54) is 6.92 Å². The molecule has 0 aromatic carbocycles. The number of cyclic esters (lactones) is 1. The summed E-state index contributed by atoms with van der Waals surface area (Å²) in [7, 11) is 0. The minimum absolute atomic E-state index is 0.0153. The summed E-state index contributed by atoms with van der Waals surface area (Å²) in [6, 6.07) is 0. The van der Waals surface area contributed by atoms with Crippen molar-refractivity contribution in [2.75, 3.05) is 0 Å². The van der Waals surface area contributed by atoms with Gasteiger partial charge in [0.15, 0.2) is 0 Å². The molecular formula is C25H38O5. The van der Waals surface area contributed by atoms with Crippen molar-refractivity contribution in [2.45, 2.75) is 91.3 Å². The number of aliphatic hydroxyl groups excluding tert-OH is 1. The highest BCUT2D eigenvalue weighted by Crippen LogP contribution is 2.45. The quantitative estimate of drug-likeness (QED) is 0.629. The van der Waals surface area contributed by atoms with E-state index in [0.29, 0.717) is 18.4 Å². The smallest absolute Gasteiger partial charge is 0.311 e. The number of allylic oxidation sites excluding steroid dienone is 3. The highest BCUT2D eigenvalue weighted by molar-refractivity contribution is 5.76. The Morgan fingerprint density at radius 1 is 1.43 bits per heavy atom. The van der Waals surface area contributed by atoms with Crippen LogP contribution >= 0.6 is 0 Å². The first kappa shape index (κ1) is 14.4. The number of ether oxygens (including phenoxy) is 2. The van der Waals surface area contributed by atoms with E-state index in [1.807, 2.05) is 19.1 Å². The van der Waals surface area contributed by atoms with Gasteiger partial charge in [0.2, 0.25) is 0 Å². The molecule has 0 spiro atoms. The van der Waals surface area contributed by atoms with Gasteiger partial charge in [0, 0.05) is 23.3 Å². The van der Waals surface area contributed by atoms with Gasteiger partial charge in [-0.05, 0) is 62.8 Å². The topological polar surface area (TPSA) is 72.8 Å². The molecular weight excluding hydrogens is 380 g/mol. The Balaban J connectivity index is 1.89. The second kappa shape index (κ2) is 9.25. The van der Waals surface area contributed by atoms with Crippen molar-refractivity contribution in [1.82, 2.24) is 0 Å². The molecule has 3 aliphatic rings. The van der Waals surface area contributed by atoms with E-state index >= 15 is 0 Å². The van der Waals surface area contributed by atoms with E-state index in [1.54, 1.807) is 13.0 Å². The van der Waals surface area contributed by atoms with Crippen molar-refractivity contribution in [3.8, 4) is 0 Å². The van der Waals surface area contributed by atoms with E-state index in [9.17, 15) is 14.7 Å². The highest BCUT2D eigenvalue weighted by atomic mass is 16.6. The first-order valence-electron chi connectivity index (χ1n) is 14.8. The average Bonchev–Trinajstić information content (AvgIpc) is 2.80. The number of carbonyl (C=O) groups is 2. The molecule has 5 nitrogen and oxygen atoms in total. The zero-order valence-corrected chi connectivity index (χ0v) is 17.9. The maximum atomic E-state index is 13.3. The molecule has 2 aliphatic carbocycles. The molecule has 8 atom stereocenters. The molecule has 0 aromatic heterocycles. The van der Waals surface area contributed by atoms with E-state index in [-0.39, 0.29) is 31.1 Å². The Labute approximate surface area is 192 Å². The van der Waals surface area contributed by atoms with Crippen LogP contribution in [0.5, 0.6) is 0 Å². The van der Waals surface area contributed by atoms with Gasteiger partial charge < -0.3 is 14.6 Å². The lowest BCUT2D eigenvalue weighted by atomic mass is 9.65. The fourth-order valence-corrected chi connectivity index (χ4v) is 4.65. The Hall–Kier alpha value is -1.62. The van der Waals surface area contributed by atoms with Gasteiger partial charge in [-0.3, -0.25) is 9.59 Å². The van der Waals surface area contributed by atoms with Crippen molar-refractivity contribution >= 4 is 11.9 Å². The summed E-state index contributed by atoms with van der Waals surface area (Å²) < 4.78 is 74.1. The molecule has 2 unspecified atom stereocenters. The van der Waals surface area contributed by atoms with Gasteiger partial charge in [-0.25, -0.2) is 0 Å². The number of hydrogen-bond donors (Lipinski definition) is 1. The first-order chi connectivity index (χ1) is 17.3. The summed E-state index contributed by atoms with van der Waals surface area (Å²) >= 11 is 0. The third kappa shape index (κ3) is 5.16. The maximum Gasteiger partial charge on any atom is 0.311 e. The number of fused-ring (bicyclic) bond motifs is 1. The Morgan fingerprint density at radius 2 is 2.23 bits per heavy atom. The number of aliphatic hydroxyl groups is 1. The van der Waals surface area contributed by atoms with Crippen LogP contribution in [-0.4, -0.2) is 35.4 Å². The van der Waals surface area contributed by atoms with Crippen LogP contribution in [0.2, 0.25) is 0 Å². The standard InChI is InChI=1S/C25H38O5/c1-6-25(4,5)24(28)30-21-12-15(2)11-17-8-7-16(3)20(23(17)21)10-9-19-13-18(26)14-22(27)29-19/h7-8,11,15-16,18-21,23,26H,6,9-10,12-14H2,1-5H3/t15-,16-,18+,19?,20-,21-,23-/m0/s1/i2D3,4D3,14D2/t15-,16-,18+,19?,20-,21-,23-,25?. The van der Waals surface area contributed by atoms with Crippen LogP contribution < -0.4 is 0 Å². The van der Waals surface area contributed by atoms with Gasteiger partial charge in [0.1, 0.15) is 12.2 Å². The highest BCUT2D eigenvalue weighted by Gasteiger charge is 2.43. The molecule has 168 valence electrons. The zero-order valence-electron chi connectivity index (χ0n) is 25.9. The summed E-state index contributed by atoms with van der Waals surface area (Å²) in [6.45, 7) is -0.0252. The number of esters is 2. The lowest BCUT2D eigenvalue weighted by Gasteiger charge is -2.44. The van der Waals surface area contributed by atoms with E-state index in [4.69, 9.17) is 20.4 Å². The Kier molecular flexibility index (Phi) is 4.45. The average molecular weight is 427 g/mol. The lowest BCUT2D eigenvalue weighted by Crippen LogP contribution is -2.43. The molecule has 1 N–H and O–H groups in total. The van der Waals surface area contributed by atoms with Gasteiger partial charge in [-0.1, -0.05) is 38.9 Å². The molecule has 0 amide bonds. The summed E-state index contributed by atoms with van der Waals surface area (Å²) in [4.78, 5) is 25.3. The molecule has 1 heterocycles. The Morgan fingerprint density at radius 3 is 2.90 bits per heavy atom. The number of rotatable bonds is 6. The second-order valence-electron chi connectivity index (χ2n) is 9.05. The summed E-state index contributed by atoms with van der Waals surface area (Å²) in [6.07, 6.45) is 0.776. The van der Waals surface area contributed by atoms with Crippen LogP contribution in [0.15, 0.2) is 23.8 Å². The minimum atomic E-state index is -2.61. The first-order valence-corrected chi connectivity index (χ1v) is 10.8. The molecule has 1 saturated heterocycles. The molecule has 0 aromatic rings. The van der Waals surface area contributed by atoms with E-state index in [2.05, 4.69) is 0 Å². The van der Waals surface area contributed by atoms with Crippen molar-refractivity contribution in [3.63, 3.8) is 0 Å². The second-order valence-corrected chi connectivity index (χ2v) is 9.05. The van der Waals surface area contributed by atoms with Crippen molar-refractivity contribution < 1.29 is 35.1 Å². The summed E-state index contributed by atoms with van der Waals surface area (Å²) in [5.74, 6) is -3.43. The van der Waals surface area contributed by atoms with Gasteiger partial charge in [0.05, 0.1) is 17.9 Å². The van der Waals surface area contributed by atoms with Crippen LogP contribution in [0.1, 0.15) is 83.9 Å². The minimum Gasteiger partial charge on any atom is -0.462 e. The Bertz CT molecular complexity index is 972. The van der Waals surface area contributed by atoms with Crippen molar-refractivity contribution in [1.29, 1.82) is 0 Å². The molecule has 30 heavy (non-hydrogen) atoms. The lowest BCUT2D eigenvalue weighted by molar-refractivity contribution is -0.166. The van der Waals surface area contributed by atoms with Crippen LogP contribution in [0.4, 0.5) is 0 Å². The summed E-state index contributed by atoms with van der Waals surface area (Å²) in [5.41, 5.74) is -1.04. The van der Waals surface area contributed by atoms with Crippen LogP contribution in [0.3, 0.4) is 0 Å². The molecule has 5 heteroatoms. The normalized spacial score (nSPS) is 44.6. The number of carbonyl (C=O) groups excluding carboxylic acids is 2. The fourth-order valence-electron chi connectivity index (χ4n) is 4.65. The zero-order chi connectivity index (χ0) is 28.8. The van der Waals surface area contributed by atoms with Gasteiger partial charge in [0.25, 0.3) is 0 Å². The fraction of sp³-hybridized carbons (Fsp3) is 0.760. The van der Waals surface area contributed by atoms with Gasteiger partial charge in [-0.2, -0.15) is 0 Å². The van der Waals surface area contributed by atoms with E-state index < -0.39 is 67.6 Å². The maximum absolute atomic E-state index is 13.3. The number of hydrogen-bond acceptors (Lipinski definition) is 5. The molecule has 3 rings (SSSR count). The predicted octanol–water partition coefficient (Wildman–Crippen LogP) is 4.59. The SMILES string of the molecule is [2H]C([2H])([2H])[C@H]1C=C2C=C[C@H](C)[C@H](CCC3C[C@@H](O)C([2H])([2H])C(=O)O3)[C@H]2[C@@H](OC(=O)C(C)(CC)C([2H])([2H])[2H])C1. The molecule has 1 aliphatic heterocycles. The summed E-state index contributed by atoms with van der Waals surface area (Å²) in [5, 5.41) is 10.1. The van der Waals surface area contributed by atoms with Gasteiger partial charge in [-0.15, -0.1) is 0 Å². The van der Waals surface area contributed by atoms with Crippen molar-refractivity contribution in [3.05, 3.63) is 23.8 Å². The third-order valence-corrected chi connectivity index (χ3v) is 6.68. The van der Waals surface area contributed by atoms with Crippen LogP contribution in [-0.2, 0) is 19.1 Å². The molecule has 0 radical (unpaired) electrons. The molecule has 0 saturated carbocycles.